The normalized spacial score (nSPS) is 11.2. The Hall–Kier alpha value is -2.73. The average Bonchev–Trinajstić information content (AvgIpc) is 3.37. The van der Waals surface area contributed by atoms with E-state index in [9.17, 15) is 4.79 Å². The van der Waals surface area contributed by atoms with Gasteiger partial charge < -0.3 is 18.2 Å². The maximum atomic E-state index is 13.2. The van der Waals surface area contributed by atoms with Gasteiger partial charge in [0.05, 0.1) is 25.6 Å². The van der Waals surface area contributed by atoms with Crippen molar-refractivity contribution in [3.63, 3.8) is 0 Å². The molecule has 5 nitrogen and oxygen atoms in total. The van der Waals surface area contributed by atoms with Gasteiger partial charge in [-0.15, -0.1) is 0 Å². The second-order valence-electron chi connectivity index (χ2n) is 6.02. The summed E-state index contributed by atoms with van der Waals surface area (Å²) in [6.07, 6.45) is 3.18. The van der Waals surface area contributed by atoms with E-state index in [1.807, 2.05) is 37.3 Å². The van der Waals surface area contributed by atoms with Gasteiger partial charge in [-0.3, -0.25) is 4.79 Å². The number of carbonyl (C=O) groups is 1. The quantitative estimate of drug-likeness (QED) is 0.431. The van der Waals surface area contributed by atoms with Crippen LogP contribution in [0.3, 0.4) is 0 Å². The molecular formula is C20H16BrNO4. The van der Waals surface area contributed by atoms with Crippen molar-refractivity contribution in [2.45, 2.75) is 20.0 Å². The van der Waals surface area contributed by atoms with Crippen LogP contribution in [0, 0.1) is 6.92 Å². The Morgan fingerprint density at radius 2 is 1.69 bits per heavy atom. The Kier molecular flexibility index (Phi) is 4.42. The maximum Gasteiger partial charge on any atom is 0.290 e. The molecule has 1 aromatic carbocycles. The summed E-state index contributed by atoms with van der Waals surface area (Å²) in [7, 11) is 0. The molecule has 0 saturated heterocycles. The number of halogens is 1. The number of nitrogens with zero attached hydrogens (tertiary/aromatic N) is 1. The van der Waals surface area contributed by atoms with E-state index in [1.165, 1.54) is 0 Å². The van der Waals surface area contributed by atoms with Gasteiger partial charge in [0.15, 0.2) is 5.76 Å². The lowest BCUT2D eigenvalue weighted by Gasteiger charge is -2.19. The highest BCUT2D eigenvalue weighted by Crippen LogP contribution is 2.29. The number of amides is 1. The molecule has 26 heavy (non-hydrogen) atoms. The van der Waals surface area contributed by atoms with Crippen LogP contribution in [0.1, 0.15) is 27.6 Å². The molecule has 4 aromatic rings. The molecule has 3 aromatic heterocycles. The van der Waals surface area contributed by atoms with Gasteiger partial charge in [0, 0.05) is 15.4 Å². The van der Waals surface area contributed by atoms with E-state index in [4.69, 9.17) is 13.3 Å². The molecule has 1 amide bonds. The number of hydrogen-bond acceptors (Lipinski definition) is 4. The molecule has 0 N–H and O–H groups in total. The van der Waals surface area contributed by atoms with Crippen LogP contribution in [-0.2, 0) is 13.1 Å². The Morgan fingerprint density at radius 3 is 2.27 bits per heavy atom. The number of furan rings is 3. The van der Waals surface area contributed by atoms with E-state index in [-0.39, 0.29) is 5.91 Å². The highest BCUT2D eigenvalue weighted by Gasteiger charge is 2.25. The van der Waals surface area contributed by atoms with Gasteiger partial charge >= 0.3 is 0 Å². The molecule has 3 heterocycles. The Labute approximate surface area is 158 Å². The SMILES string of the molecule is Cc1c(C(=O)N(Cc2ccco2)Cc2ccco2)oc2ccc(Br)cc12. The first-order chi connectivity index (χ1) is 12.6. The van der Waals surface area contributed by atoms with Gasteiger partial charge in [-0.25, -0.2) is 0 Å². The molecule has 4 rings (SSSR count). The summed E-state index contributed by atoms with van der Waals surface area (Å²) in [6.45, 7) is 2.54. The smallest absolute Gasteiger partial charge is 0.290 e. The van der Waals surface area contributed by atoms with Crippen molar-refractivity contribution in [1.82, 2.24) is 4.90 Å². The van der Waals surface area contributed by atoms with Crippen molar-refractivity contribution in [3.8, 4) is 0 Å². The lowest BCUT2D eigenvalue weighted by molar-refractivity contribution is 0.0674. The minimum absolute atomic E-state index is 0.206. The van der Waals surface area contributed by atoms with E-state index in [0.717, 1.165) is 15.4 Å². The van der Waals surface area contributed by atoms with Crippen LogP contribution in [-0.4, -0.2) is 10.8 Å². The third-order valence-electron chi connectivity index (χ3n) is 4.23. The minimum Gasteiger partial charge on any atom is -0.467 e. The zero-order valence-electron chi connectivity index (χ0n) is 14.1. The van der Waals surface area contributed by atoms with Crippen LogP contribution in [0.25, 0.3) is 11.0 Å². The Morgan fingerprint density at radius 1 is 1.04 bits per heavy atom. The summed E-state index contributed by atoms with van der Waals surface area (Å²) >= 11 is 3.46. The third kappa shape index (κ3) is 3.20. The largest absolute Gasteiger partial charge is 0.467 e. The van der Waals surface area contributed by atoms with Gasteiger partial charge in [0.1, 0.15) is 17.1 Å². The summed E-state index contributed by atoms with van der Waals surface area (Å²) < 4.78 is 17.6. The molecule has 0 aliphatic heterocycles. The van der Waals surface area contributed by atoms with Crippen molar-refractivity contribution in [3.05, 3.63) is 82.3 Å². The molecular weight excluding hydrogens is 398 g/mol. The summed E-state index contributed by atoms with van der Waals surface area (Å²) in [5.74, 6) is 1.52. The number of fused-ring (bicyclic) bond motifs is 1. The molecule has 0 aliphatic rings. The molecule has 0 aliphatic carbocycles. The summed E-state index contributed by atoms with van der Waals surface area (Å²) in [5, 5.41) is 0.915. The molecule has 0 bridgehead atoms. The average molecular weight is 414 g/mol. The first-order valence-corrected chi connectivity index (χ1v) is 8.94. The van der Waals surface area contributed by atoms with Crippen molar-refractivity contribution >= 4 is 32.8 Å². The lowest BCUT2D eigenvalue weighted by atomic mass is 10.1. The van der Waals surface area contributed by atoms with Gasteiger partial charge in [-0.2, -0.15) is 0 Å². The first-order valence-electron chi connectivity index (χ1n) is 8.14. The number of benzene rings is 1. The molecule has 0 unspecified atom stereocenters. The summed E-state index contributed by atoms with van der Waals surface area (Å²) in [6, 6.07) is 13.0. The second-order valence-corrected chi connectivity index (χ2v) is 6.93. The zero-order valence-corrected chi connectivity index (χ0v) is 15.7. The molecule has 0 radical (unpaired) electrons. The van der Waals surface area contributed by atoms with Crippen LogP contribution in [0.4, 0.5) is 0 Å². The standard InChI is InChI=1S/C20H16BrNO4/c1-13-17-10-14(21)6-7-18(17)26-19(13)20(23)22(11-15-4-2-8-24-15)12-16-5-3-9-25-16/h2-10H,11-12H2,1H3. The van der Waals surface area contributed by atoms with E-state index >= 15 is 0 Å². The fourth-order valence-corrected chi connectivity index (χ4v) is 3.28. The molecule has 0 fully saturated rings. The summed E-state index contributed by atoms with van der Waals surface area (Å²) in [5.41, 5.74) is 1.50. The highest BCUT2D eigenvalue weighted by molar-refractivity contribution is 9.10. The molecule has 0 atom stereocenters. The van der Waals surface area contributed by atoms with Crippen molar-refractivity contribution in [2.24, 2.45) is 0 Å². The highest BCUT2D eigenvalue weighted by atomic mass is 79.9. The predicted octanol–water partition coefficient (Wildman–Crippen LogP) is 5.53. The number of rotatable bonds is 5. The summed E-state index contributed by atoms with van der Waals surface area (Å²) in [4.78, 5) is 14.9. The topological polar surface area (TPSA) is 59.7 Å². The maximum absolute atomic E-state index is 13.2. The van der Waals surface area contributed by atoms with Crippen molar-refractivity contribution in [2.75, 3.05) is 0 Å². The van der Waals surface area contributed by atoms with Crippen LogP contribution in [0.15, 0.2) is 72.7 Å². The predicted molar refractivity (Wildman–Crippen MR) is 99.6 cm³/mol. The van der Waals surface area contributed by atoms with Crippen LogP contribution in [0.5, 0.6) is 0 Å². The minimum atomic E-state index is -0.206. The lowest BCUT2D eigenvalue weighted by Crippen LogP contribution is -2.30. The van der Waals surface area contributed by atoms with E-state index in [1.54, 1.807) is 29.6 Å². The fraction of sp³-hybridized carbons (Fsp3) is 0.150. The van der Waals surface area contributed by atoms with Gasteiger partial charge in [-0.05, 0) is 49.4 Å². The van der Waals surface area contributed by atoms with Gasteiger partial charge in [0.25, 0.3) is 5.91 Å². The Bertz CT molecular complexity index is 995. The third-order valence-corrected chi connectivity index (χ3v) is 4.73. The molecule has 0 spiro atoms. The molecule has 132 valence electrons. The Balaban J connectivity index is 1.70. The number of aryl methyl sites for hydroxylation is 1. The van der Waals surface area contributed by atoms with E-state index in [2.05, 4.69) is 15.9 Å². The van der Waals surface area contributed by atoms with Gasteiger partial charge in [-0.1, -0.05) is 15.9 Å². The first kappa shape index (κ1) is 16.7. The molecule has 6 heteroatoms. The van der Waals surface area contributed by atoms with Crippen molar-refractivity contribution < 1.29 is 18.0 Å². The van der Waals surface area contributed by atoms with Crippen LogP contribution >= 0.6 is 15.9 Å². The van der Waals surface area contributed by atoms with Crippen LogP contribution in [0.2, 0.25) is 0 Å². The number of carbonyl (C=O) groups excluding carboxylic acids is 1. The van der Waals surface area contributed by atoms with Crippen LogP contribution < -0.4 is 0 Å². The van der Waals surface area contributed by atoms with Crippen molar-refractivity contribution in [1.29, 1.82) is 0 Å². The molecule has 0 saturated carbocycles. The van der Waals surface area contributed by atoms with E-state index < -0.39 is 0 Å². The monoisotopic (exact) mass is 413 g/mol. The van der Waals surface area contributed by atoms with Gasteiger partial charge in [0.2, 0.25) is 0 Å². The van der Waals surface area contributed by atoms with E-state index in [0.29, 0.717) is 36.0 Å². The second kappa shape index (κ2) is 6.88. The number of hydrogen-bond donors (Lipinski definition) is 0. The fourth-order valence-electron chi connectivity index (χ4n) is 2.92. The zero-order chi connectivity index (χ0) is 18.1.